The Kier molecular flexibility index (Phi) is 4.98. The van der Waals surface area contributed by atoms with Gasteiger partial charge >= 0.3 is 0 Å². The van der Waals surface area contributed by atoms with E-state index < -0.39 is 0 Å². The summed E-state index contributed by atoms with van der Waals surface area (Å²) in [6.07, 6.45) is 2.42. The largest absolute Gasteiger partial charge is 0.329 e. The van der Waals surface area contributed by atoms with Crippen molar-refractivity contribution in [3.63, 3.8) is 0 Å². The van der Waals surface area contributed by atoms with Gasteiger partial charge in [-0.15, -0.1) is 0 Å². The van der Waals surface area contributed by atoms with Gasteiger partial charge in [0.2, 0.25) is 0 Å². The minimum absolute atomic E-state index is 0.180. The molecule has 4 heteroatoms. The van der Waals surface area contributed by atoms with E-state index in [4.69, 9.17) is 5.73 Å². The molecule has 0 bridgehead atoms. The van der Waals surface area contributed by atoms with Crippen LogP contribution in [-0.2, 0) is 0 Å². The summed E-state index contributed by atoms with van der Waals surface area (Å²) in [7, 11) is 0. The molecule has 3 unspecified atom stereocenters. The molecule has 1 aromatic carbocycles. The van der Waals surface area contributed by atoms with Crippen LogP contribution in [0.1, 0.15) is 38.3 Å². The lowest BCUT2D eigenvalue weighted by molar-refractivity contribution is 0.0847. The van der Waals surface area contributed by atoms with Crippen molar-refractivity contribution in [1.82, 2.24) is 4.90 Å². The fraction of sp³-hybridized carbons (Fsp3) is 0.600. The highest BCUT2D eigenvalue weighted by atomic mass is 79.9. The number of hydrogen-bond acceptors (Lipinski definition) is 2. The Morgan fingerprint density at radius 3 is 2.79 bits per heavy atom. The van der Waals surface area contributed by atoms with Crippen LogP contribution < -0.4 is 5.73 Å². The maximum atomic E-state index is 13.3. The molecule has 0 radical (unpaired) electrons. The van der Waals surface area contributed by atoms with Crippen LogP contribution in [0, 0.1) is 11.7 Å². The van der Waals surface area contributed by atoms with Gasteiger partial charge < -0.3 is 5.73 Å². The second-order valence-electron chi connectivity index (χ2n) is 5.64. The van der Waals surface area contributed by atoms with E-state index in [0.29, 0.717) is 17.1 Å². The average Bonchev–Trinajstić information content (AvgIpc) is 2.37. The standard InChI is InChI=1S/C15H22BrFN2/c1-10-5-6-19(11(2)7-10)15(9-18)12-3-4-14(17)13(16)8-12/h3-4,8,10-11,15H,5-7,9,18H2,1-2H3. The third-order valence-electron chi connectivity index (χ3n) is 4.14. The average molecular weight is 329 g/mol. The summed E-state index contributed by atoms with van der Waals surface area (Å²) < 4.78 is 13.9. The number of likely N-dealkylation sites (tertiary alicyclic amines) is 1. The molecule has 1 aromatic rings. The SMILES string of the molecule is CC1CCN(C(CN)c2ccc(F)c(Br)c2)C(C)C1. The molecular formula is C15H22BrFN2. The van der Waals surface area contributed by atoms with E-state index in [2.05, 4.69) is 34.7 Å². The van der Waals surface area contributed by atoms with E-state index in [-0.39, 0.29) is 11.9 Å². The summed E-state index contributed by atoms with van der Waals surface area (Å²) in [6, 6.07) is 5.93. The van der Waals surface area contributed by atoms with Gasteiger partial charge in [0.25, 0.3) is 0 Å². The summed E-state index contributed by atoms with van der Waals surface area (Å²) in [4.78, 5) is 2.46. The molecule has 0 aliphatic carbocycles. The minimum Gasteiger partial charge on any atom is -0.329 e. The topological polar surface area (TPSA) is 29.3 Å². The van der Waals surface area contributed by atoms with Gasteiger partial charge in [0.05, 0.1) is 4.47 Å². The lowest BCUT2D eigenvalue weighted by Crippen LogP contribution is -2.44. The van der Waals surface area contributed by atoms with Crippen molar-refractivity contribution < 1.29 is 4.39 Å². The second-order valence-corrected chi connectivity index (χ2v) is 6.50. The highest BCUT2D eigenvalue weighted by molar-refractivity contribution is 9.10. The molecule has 1 aliphatic rings. The monoisotopic (exact) mass is 328 g/mol. The zero-order chi connectivity index (χ0) is 14.0. The first-order valence-corrected chi connectivity index (χ1v) is 7.73. The lowest BCUT2D eigenvalue weighted by atomic mass is 9.90. The summed E-state index contributed by atoms with van der Waals surface area (Å²) in [5.41, 5.74) is 7.06. The third kappa shape index (κ3) is 3.36. The van der Waals surface area contributed by atoms with Crippen molar-refractivity contribution >= 4 is 15.9 Å². The van der Waals surface area contributed by atoms with E-state index in [1.54, 1.807) is 0 Å². The van der Waals surface area contributed by atoms with Gasteiger partial charge in [-0.2, -0.15) is 0 Å². The van der Waals surface area contributed by atoms with Gasteiger partial charge in [0.15, 0.2) is 0 Å². The Hall–Kier alpha value is -0.450. The molecule has 106 valence electrons. The van der Waals surface area contributed by atoms with E-state index in [1.165, 1.54) is 18.9 Å². The van der Waals surface area contributed by atoms with Gasteiger partial charge in [0.1, 0.15) is 5.82 Å². The first-order valence-electron chi connectivity index (χ1n) is 6.93. The molecule has 1 heterocycles. The van der Waals surface area contributed by atoms with Gasteiger partial charge in [-0.1, -0.05) is 13.0 Å². The molecule has 0 saturated carbocycles. The van der Waals surface area contributed by atoms with Crippen LogP contribution in [0.2, 0.25) is 0 Å². The van der Waals surface area contributed by atoms with Gasteiger partial charge in [0, 0.05) is 18.6 Å². The van der Waals surface area contributed by atoms with Crippen molar-refractivity contribution in [3.05, 3.63) is 34.1 Å². The maximum Gasteiger partial charge on any atom is 0.137 e. The number of benzene rings is 1. The van der Waals surface area contributed by atoms with Crippen molar-refractivity contribution in [2.24, 2.45) is 11.7 Å². The molecule has 2 nitrogen and oxygen atoms in total. The number of rotatable bonds is 3. The summed E-state index contributed by atoms with van der Waals surface area (Å²) >= 11 is 3.26. The van der Waals surface area contributed by atoms with E-state index >= 15 is 0 Å². The Balaban J connectivity index is 2.21. The molecule has 1 saturated heterocycles. The number of nitrogens with zero attached hydrogens (tertiary/aromatic N) is 1. The molecule has 3 atom stereocenters. The summed E-state index contributed by atoms with van der Waals surface area (Å²) in [5, 5.41) is 0. The van der Waals surface area contributed by atoms with Crippen LogP contribution in [0.5, 0.6) is 0 Å². The Bertz CT molecular complexity index is 438. The molecule has 0 aromatic heterocycles. The molecule has 0 amide bonds. The van der Waals surface area contributed by atoms with Crippen molar-refractivity contribution in [2.75, 3.05) is 13.1 Å². The smallest absolute Gasteiger partial charge is 0.137 e. The van der Waals surface area contributed by atoms with Crippen LogP contribution in [0.4, 0.5) is 4.39 Å². The van der Waals surface area contributed by atoms with Crippen LogP contribution >= 0.6 is 15.9 Å². The molecule has 1 fully saturated rings. The van der Waals surface area contributed by atoms with E-state index in [9.17, 15) is 4.39 Å². The highest BCUT2D eigenvalue weighted by Crippen LogP contribution is 2.31. The molecule has 19 heavy (non-hydrogen) atoms. The number of halogens is 2. The van der Waals surface area contributed by atoms with Crippen LogP contribution in [0.25, 0.3) is 0 Å². The highest BCUT2D eigenvalue weighted by Gasteiger charge is 2.29. The predicted octanol–water partition coefficient (Wildman–Crippen LogP) is 3.71. The maximum absolute atomic E-state index is 13.3. The van der Waals surface area contributed by atoms with E-state index in [0.717, 1.165) is 18.0 Å². The Morgan fingerprint density at radius 2 is 2.21 bits per heavy atom. The number of piperidine rings is 1. The predicted molar refractivity (Wildman–Crippen MR) is 80.5 cm³/mol. The molecule has 1 aliphatic heterocycles. The van der Waals surface area contributed by atoms with Crippen molar-refractivity contribution in [2.45, 2.75) is 38.8 Å². The van der Waals surface area contributed by atoms with Crippen molar-refractivity contribution in [1.29, 1.82) is 0 Å². The number of hydrogen-bond donors (Lipinski definition) is 1. The van der Waals surface area contributed by atoms with Crippen molar-refractivity contribution in [3.8, 4) is 0 Å². The molecule has 0 spiro atoms. The van der Waals surface area contributed by atoms with Crippen LogP contribution in [0.15, 0.2) is 22.7 Å². The fourth-order valence-corrected chi connectivity index (χ4v) is 3.47. The lowest BCUT2D eigenvalue weighted by Gasteiger charge is -2.41. The van der Waals surface area contributed by atoms with Gasteiger partial charge in [-0.3, -0.25) is 4.90 Å². The van der Waals surface area contributed by atoms with Crippen LogP contribution in [0.3, 0.4) is 0 Å². The first kappa shape index (κ1) is 14.9. The Morgan fingerprint density at radius 1 is 1.47 bits per heavy atom. The molecule has 2 N–H and O–H groups in total. The third-order valence-corrected chi connectivity index (χ3v) is 4.75. The zero-order valence-electron chi connectivity index (χ0n) is 11.6. The second kappa shape index (κ2) is 6.33. The van der Waals surface area contributed by atoms with Gasteiger partial charge in [-0.05, 0) is 65.9 Å². The minimum atomic E-state index is -0.222. The molecule has 2 rings (SSSR count). The van der Waals surface area contributed by atoms with Gasteiger partial charge in [-0.25, -0.2) is 4.39 Å². The quantitative estimate of drug-likeness (QED) is 0.916. The Labute approximate surface area is 123 Å². The fourth-order valence-electron chi connectivity index (χ4n) is 3.07. The number of nitrogens with two attached hydrogens (primary N) is 1. The first-order chi connectivity index (χ1) is 9.02. The zero-order valence-corrected chi connectivity index (χ0v) is 13.2. The summed E-state index contributed by atoms with van der Waals surface area (Å²) in [6.45, 7) is 6.20. The van der Waals surface area contributed by atoms with Crippen LogP contribution in [-0.4, -0.2) is 24.0 Å². The summed E-state index contributed by atoms with van der Waals surface area (Å²) in [5.74, 6) is 0.560. The molecular weight excluding hydrogens is 307 g/mol. The normalized spacial score (nSPS) is 26.4. The van der Waals surface area contributed by atoms with E-state index in [1.807, 2.05) is 12.1 Å².